The molecule has 0 saturated heterocycles. The first-order chi connectivity index (χ1) is 5.29. The van der Waals surface area contributed by atoms with Crippen LogP contribution in [0.15, 0.2) is 12.3 Å². The summed E-state index contributed by atoms with van der Waals surface area (Å²) in [5.41, 5.74) is 7.20. The minimum atomic E-state index is 0.323. The van der Waals surface area contributed by atoms with Crippen molar-refractivity contribution in [3.63, 3.8) is 0 Å². The largest absolute Gasteiger partial charge is 0.366 e. The Morgan fingerprint density at radius 3 is 3.00 bits per heavy atom. The SMILES string of the molecule is Cc1ccnn2c(N)nnc12. The zero-order valence-electron chi connectivity index (χ0n) is 6.02. The van der Waals surface area contributed by atoms with E-state index < -0.39 is 0 Å². The van der Waals surface area contributed by atoms with Gasteiger partial charge >= 0.3 is 0 Å². The second kappa shape index (κ2) is 1.91. The highest BCUT2D eigenvalue weighted by atomic mass is 15.4. The number of fused-ring (bicyclic) bond motifs is 1. The molecule has 2 rings (SSSR count). The van der Waals surface area contributed by atoms with Gasteiger partial charge in [0, 0.05) is 6.20 Å². The molecule has 0 aromatic carbocycles. The Labute approximate surface area is 62.9 Å². The summed E-state index contributed by atoms with van der Waals surface area (Å²) in [4.78, 5) is 0. The summed E-state index contributed by atoms with van der Waals surface area (Å²) < 4.78 is 1.51. The van der Waals surface area contributed by atoms with E-state index in [2.05, 4.69) is 15.3 Å². The second-order valence-electron chi connectivity index (χ2n) is 2.31. The van der Waals surface area contributed by atoms with E-state index in [1.807, 2.05) is 13.0 Å². The normalized spacial score (nSPS) is 10.6. The van der Waals surface area contributed by atoms with Gasteiger partial charge in [-0.05, 0) is 18.6 Å². The molecule has 11 heavy (non-hydrogen) atoms. The Kier molecular flexibility index (Phi) is 1.06. The van der Waals surface area contributed by atoms with Crippen LogP contribution >= 0.6 is 0 Å². The van der Waals surface area contributed by atoms with E-state index in [4.69, 9.17) is 5.73 Å². The van der Waals surface area contributed by atoms with Crippen molar-refractivity contribution in [2.45, 2.75) is 6.92 Å². The van der Waals surface area contributed by atoms with E-state index in [0.29, 0.717) is 11.6 Å². The molecule has 5 heteroatoms. The number of hydrogen-bond acceptors (Lipinski definition) is 4. The maximum absolute atomic E-state index is 5.47. The summed E-state index contributed by atoms with van der Waals surface area (Å²) >= 11 is 0. The summed E-state index contributed by atoms with van der Waals surface area (Å²) in [6.45, 7) is 1.94. The molecule has 0 aliphatic rings. The van der Waals surface area contributed by atoms with E-state index >= 15 is 0 Å². The zero-order valence-corrected chi connectivity index (χ0v) is 6.02. The highest BCUT2D eigenvalue weighted by Gasteiger charge is 2.02. The fourth-order valence-corrected chi connectivity index (χ4v) is 0.938. The average molecular weight is 149 g/mol. The molecule has 2 heterocycles. The first-order valence-corrected chi connectivity index (χ1v) is 3.21. The molecule has 0 aliphatic heterocycles. The van der Waals surface area contributed by atoms with Gasteiger partial charge in [-0.1, -0.05) is 0 Å². The Morgan fingerprint density at radius 1 is 1.45 bits per heavy atom. The van der Waals surface area contributed by atoms with Gasteiger partial charge in [-0.3, -0.25) is 0 Å². The van der Waals surface area contributed by atoms with Gasteiger partial charge in [0.2, 0.25) is 5.95 Å². The lowest BCUT2D eigenvalue weighted by atomic mass is 10.3. The van der Waals surface area contributed by atoms with E-state index in [9.17, 15) is 0 Å². The summed E-state index contributed by atoms with van der Waals surface area (Å²) in [7, 11) is 0. The summed E-state index contributed by atoms with van der Waals surface area (Å²) in [6.07, 6.45) is 1.67. The predicted molar refractivity (Wildman–Crippen MR) is 39.9 cm³/mol. The number of aromatic nitrogens is 4. The lowest BCUT2D eigenvalue weighted by molar-refractivity contribution is 0.933. The molecular weight excluding hydrogens is 142 g/mol. The van der Waals surface area contributed by atoms with Crippen LogP contribution in [0.1, 0.15) is 5.56 Å². The van der Waals surface area contributed by atoms with Crippen molar-refractivity contribution in [2.75, 3.05) is 5.73 Å². The van der Waals surface area contributed by atoms with E-state index in [1.165, 1.54) is 4.52 Å². The molecule has 0 radical (unpaired) electrons. The molecule has 56 valence electrons. The highest BCUT2D eigenvalue weighted by molar-refractivity contribution is 5.47. The van der Waals surface area contributed by atoms with Crippen molar-refractivity contribution in [3.05, 3.63) is 17.8 Å². The number of nitrogen functional groups attached to an aromatic ring is 1. The zero-order chi connectivity index (χ0) is 7.84. The maximum Gasteiger partial charge on any atom is 0.243 e. The third-order valence-corrected chi connectivity index (χ3v) is 1.52. The van der Waals surface area contributed by atoms with Crippen molar-refractivity contribution in [2.24, 2.45) is 0 Å². The molecule has 0 bridgehead atoms. The lowest BCUT2D eigenvalue weighted by Gasteiger charge is -1.93. The number of anilines is 1. The van der Waals surface area contributed by atoms with E-state index in [0.717, 1.165) is 5.56 Å². The number of aryl methyl sites for hydroxylation is 1. The first-order valence-electron chi connectivity index (χ1n) is 3.21. The lowest BCUT2D eigenvalue weighted by Crippen LogP contribution is -1.98. The summed E-state index contributed by atoms with van der Waals surface area (Å²) in [6, 6.07) is 1.86. The maximum atomic E-state index is 5.47. The van der Waals surface area contributed by atoms with E-state index in [-0.39, 0.29) is 0 Å². The minimum absolute atomic E-state index is 0.323. The van der Waals surface area contributed by atoms with Crippen LogP contribution < -0.4 is 5.73 Å². The fraction of sp³-hybridized carbons (Fsp3) is 0.167. The number of rotatable bonds is 0. The Bertz CT molecular complexity index is 391. The third kappa shape index (κ3) is 0.739. The number of nitrogens with two attached hydrogens (primary N) is 1. The van der Waals surface area contributed by atoms with Gasteiger partial charge in [0.25, 0.3) is 0 Å². The molecule has 2 aromatic heterocycles. The summed E-state index contributed by atoms with van der Waals surface area (Å²) in [5.74, 6) is 0.323. The average Bonchev–Trinajstić information content (AvgIpc) is 2.35. The van der Waals surface area contributed by atoms with Gasteiger partial charge in [0.05, 0.1) is 0 Å². The number of nitrogens with zero attached hydrogens (tertiary/aromatic N) is 4. The van der Waals surface area contributed by atoms with Crippen LogP contribution in [0.3, 0.4) is 0 Å². The van der Waals surface area contributed by atoms with Crippen molar-refractivity contribution in [1.29, 1.82) is 0 Å². The van der Waals surface area contributed by atoms with Gasteiger partial charge in [0.15, 0.2) is 5.65 Å². The second-order valence-corrected chi connectivity index (χ2v) is 2.31. The molecule has 5 nitrogen and oxygen atoms in total. The molecule has 0 spiro atoms. The van der Waals surface area contributed by atoms with Gasteiger partial charge in [-0.25, -0.2) is 0 Å². The van der Waals surface area contributed by atoms with Gasteiger partial charge in [-0.15, -0.1) is 10.2 Å². The third-order valence-electron chi connectivity index (χ3n) is 1.52. The molecule has 0 aliphatic carbocycles. The van der Waals surface area contributed by atoms with Crippen LogP contribution in [0.25, 0.3) is 5.65 Å². The molecule has 0 amide bonds. The van der Waals surface area contributed by atoms with Gasteiger partial charge < -0.3 is 5.73 Å². The van der Waals surface area contributed by atoms with Gasteiger partial charge in [-0.2, -0.15) is 9.61 Å². The van der Waals surface area contributed by atoms with Crippen molar-refractivity contribution in [1.82, 2.24) is 19.8 Å². The Balaban J connectivity index is 2.94. The molecule has 0 saturated carbocycles. The molecular formula is C6H7N5. The van der Waals surface area contributed by atoms with Crippen LogP contribution in [-0.4, -0.2) is 19.8 Å². The first kappa shape index (κ1) is 6.09. The smallest absolute Gasteiger partial charge is 0.243 e. The monoisotopic (exact) mass is 149 g/mol. The van der Waals surface area contributed by atoms with Crippen molar-refractivity contribution >= 4 is 11.6 Å². The molecule has 0 atom stereocenters. The molecule has 0 unspecified atom stereocenters. The fourth-order valence-electron chi connectivity index (χ4n) is 0.938. The van der Waals surface area contributed by atoms with Crippen LogP contribution in [-0.2, 0) is 0 Å². The highest BCUT2D eigenvalue weighted by Crippen LogP contribution is 2.06. The van der Waals surface area contributed by atoms with Crippen molar-refractivity contribution in [3.8, 4) is 0 Å². The summed E-state index contributed by atoms with van der Waals surface area (Å²) in [5, 5.41) is 11.5. The van der Waals surface area contributed by atoms with Crippen LogP contribution in [0.2, 0.25) is 0 Å². The van der Waals surface area contributed by atoms with Crippen LogP contribution in [0, 0.1) is 6.92 Å². The van der Waals surface area contributed by atoms with E-state index in [1.54, 1.807) is 6.20 Å². The molecule has 0 fully saturated rings. The Morgan fingerprint density at radius 2 is 2.27 bits per heavy atom. The standard InChI is InChI=1S/C6H7N5/c1-4-2-3-8-11-5(4)9-10-6(11)7/h2-3H,1H3,(H2,7,10). The molecule has 2 N–H and O–H groups in total. The number of hydrogen-bond donors (Lipinski definition) is 1. The van der Waals surface area contributed by atoms with Crippen molar-refractivity contribution < 1.29 is 0 Å². The topological polar surface area (TPSA) is 69.1 Å². The Hall–Kier alpha value is -1.65. The quantitative estimate of drug-likeness (QED) is 0.573. The van der Waals surface area contributed by atoms with Crippen LogP contribution in [0.4, 0.5) is 5.95 Å². The van der Waals surface area contributed by atoms with Gasteiger partial charge in [0.1, 0.15) is 0 Å². The minimum Gasteiger partial charge on any atom is -0.366 e. The molecule has 2 aromatic rings. The predicted octanol–water partition coefficient (Wildman–Crippen LogP) is 0.0149. The van der Waals surface area contributed by atoms with Crippen LogP contribution in [0.5, 0.6) is 0 Å².